The fourth-order valence-electron chi connectivity index (χ4n) is 1.75. The van der Waals surface area contributed by atoms with Crippen molar-refractivity contribution in [3.63, 3.8) is 0 Å². The lowest BCUT2D eigenvalue weighted by Crippen LogP contribution is -2.19. The number of fused-ring (bicyclic) bond motifs is 1. The number of thiol groups is 1. The maximum absolute atomic E-state index is 9.91. The first-order valence-corrected chi connectivity index (χ1v) is 6.20. The first-order valence-electron chi connectivity index (χ1n) is 5.57. The van der Waals surface area contributed by atoms with Crippen LogP contribution in [0.15, 0.2) is 30.3 Å². The molecule has 2 N–H and O–H groups in total. The van der Waals surface area contributed by atoms with E-state index in [2.05, 4.69) is 17.6 Å². The van der Waals surface area contributed by atoms with E-state index in [4.69, 9.17) is 4.74 Å². The van der Waals surface area contributed by atoms with Gasteiger partial charge in [0, 0.05) is 17.2 Å². The number of ether oxygens (including phenoxy) is 1. The molecule has 0 radical (unpaired) electrons. The quantitative estimate of drug-likeness (QED) is 0.734. The minimum Gasteiger partial charge on any atom is -0.481 e. The molecule has 18 heavy (non-hydrogen) atoms. The molecule has 96 valence electrons. The van der Waals surface area contributed by atoms with Gasteiger partial charge in [0.1, 0.15) is 6.10 Å². The van der Waals surface area contributed by atoms with Crippen molar-refractivity contribution in [2.45, 2.75) is 12.2 Å². The number of benzene rings is 1. The van der Waals surface area contributed by atoms with Crippen LogP contribution in [0.2, 0.25) is 0 Å². The van der Waals surface area contributed by atoms with E-state index in [1.54, 1.807) is 31.4 Å². The maximum atomic E-state index is 9.91. The number of hydrogen-bond acceptors (Lipinski definition) is 5. The maximum Gasteiger partial charge on any atom is 0.213 e. The number of pyridine rings is 1. The number of nitrogens with zero attached hydrogens (tertiary/aromatic N) is 1. The van der Waals surface area contributed by atoms with Crippen LogP contribution < -0.4 is 4.74 Å². The SMILES string of the molecule is COc1ccc2cc(C(O)C(O)CS)ccc2n1. The highest BCUT2D eigenvalue weighted by atomic mass is 32.1. The number of aliphatic hydroxyl groups is 2. The summed E-state index contributed by atoms with van der Waals surface area (Å²) in [4.78, 5) is 4.28. The fraction of sp³-hybridized carbons (Fsp3) is 0.308. The molecule has 5 heteroatoms. The topological polar surface area (TPSA) is 62.6 Å². The number of hydrogen-bond donors (Lipinski definition) is 3. The van der Waals surface area contributed by atoms with Gasteiger partial charge < -0.3 is 14.9 Å². The van der Waals surface area contributed by atoms with Crippen molar-refractivity contribution >= 4 is 23.5 Å². The summed E-state index contributed by atoms with van der Waals surface area (Å²) in [5.74, 6) is 0.756. The Labute approximate surface area is 111 Å². The molecule has 0 amide bonds. The summed E-state index contributed by atoms with van der Waals surface area (Å²) in [6.07, 6.45) is -1.81. The van der Waals surface area contributed by atoms with Crippen molar-refractivity contribution in [1.29, 1.82) is 0 Å². The van der Waals surface area contributed by atoms with Crippen LogP contribution in [0, 0.1) is 0 Å². The molecule has 4 nitrogen and oxygen atoms in total. The Balaban J connectivity index is 2.38. The second-order valence-corrected chi connectivity index (χ2v) is 4.37. The van der Waals surface area contributed by atoms with E-state index >= 15 is 0 Å². The summed E-state index contributed by atoms with van der Waals surface area (Å²) in [5.41, 5.74) is 1.43. The molecular formula is C13H15NO3S. The van der Waals surface area contributed by atoms with E-state index in [1.807, 2.05) is 6.07 Å². The number of rotatable bonds is 4. The Morgan fingerprint density at radius 2 is 2.06 bits per heavy atom. The van der Waals surface area contributed by atoms with Gasteiger partial charge in [-0.05, 0) is 23.8 Å². The third-order valence-corrected chi connectivity index (χ3v) is 3.16. The highest BCUT2D eigenvalue weighted by Crippen LogP contribution is 2.23. The average Bonchev–Trinajstić information content (AvgIpc) is 2.44. The van der Waals surface area contributed by atoms with Gasteiger partial charge >= 0.3 is 0 Å². The number of methoxy groups -OCH3 is 1. The third-order valence-electron chi connectivity index (χ3n) is 2.79. The zero-order valence-corrected chi connectivity index (χ0v) is 10.8. The molecule has 2 unspecified atom stereocenters. The molecule has 1 heterocycles. The lowest BCUT2D eigenvalue weighted by Gasteiger charge is -2.16. The molecule has 0 bridgehead atoms. The standard InChI is InChI=1S/C13H15NO3S/c1-17-12-5-3-8-6-9(2-4-10(8)14-12)13(16)11(15)7-18/h2-6,11,13,15-16,18H,7H2,1H3. The second kappa shape index (κ2) is 5.56. The first-order chi connectivity index (χ1) is 8.65. The van der Waals surface area contributed by atoms with E-state index < -0.39 is 12.2 Å². The Hall–Kier alpha value is -1.30. The predicted octanol–water partition coefficient (Wildman–Crippen LogP) is 1.57. The van der Waals surface area contributed by atoms with Crippen LogP contribution in [0.4, 0.5) is 0 Å². The van der Waals surface area contributed by atoms with E-state index in [9.17, 15) is 10.2 Å². The fourth-order valence-corrected chi connectivity index (χ4v) is 1.94. The van der Waals surface area contributed by atoms with Gasteiger partial charge in [-0.3, -0.25) is 0 Å². The summed E-state index contributed by atoms with van der Waals surface area (Å²) < 4.78 is 5.05. The molecule has 0 fully saturated rings. The van der Waals surface area contributed by atoms with Crippen LogP contribution in [0.1, 0.15) is 11.7 Å². The lowest BCUT2D eigenvalue weighted by molar-refractivity contribution is 0.0338. The van der Waals surface area contributed by atoms with Gasteiger partial charge in [-0.1, -0.05) is 6.07 Å². The van der Waals surface area contributed by atoms with Crippen molar-refractivity contribution in [3.05, 3.63) is 35.9 Å². The third kappa shape index (κ3) is 2.58. The van der Waals surface area contributed by atoms with Gasteiger partial charge in [0.15, 0.2) is 0 Å². The summed E-state index contributed by atoms with van der Waals surface area (Å²) in [7, 11) is 1.56. The van der Waals surface area contributed by atoms with Crippen LogP contribution in [-0.2, 0) is 0 Å². The second-order valence-electron chi connectivity index (χ2n) is 4.00. The van der Waals surface area contributed by atoms with Crippen LogP contribution in [0.25, 0.3) is 10.9 Å². The normalized spacial score (nSPS) is 14.4. The smallest absolute Gasteiger partial charge is 0.213 e. The largest absolute Gasteiger partial charge is 0.481 e. The average molecular weight is 265 g/mol. The zero-order chi connectivity index (χ0) is 13.1. The molecule has 0 saturated heterocycles. The Morgan fingerprint density at radius 3 is 2.72 bits per heavy atom. The first kappa shape index (κ1) is 13.1. The minimum absolute atomic E-state index is 0.208. The highest BCUT2D eigenvalue weighted by Gasteiger charge is 2.17. The van der Waals surface area contributed by atoms with E-state index in [1.165, 1.54) is 0 Å². The van der Waals surface area contributed by atoms with Crippen LogP contribution >= 0.6 is 12.6 Å². The summed E-state index contributed by atoms with van der Waals surface area (Å²) in [5, 5.41) is 20.4. The predicted molar refractivity (Wildman–Crippen MR) is 73.1 cm³/mol. The minimum atomic E-state index is -0.936. The molecule has 0 saturated carbocycles. The summed E-state index contributed by atoms with van der Waals surface area (Å²) >= 11 is 3.97. The molecule has 2 rings (SSSR count). The Bertz CT molecular complexity index is 547. The van der Waals surface area contributed by atoms with Crippen molar-refractivity contribution in [1.82, 2.24) is 4.98 Å². The van der Waals surface area contributed by atoms with E-state index in [0.717, 1.165) is 10.9 Å². The van der Waals surface area contributed by atoms with Crippen LogP contribution in [0.3, 0.4) is 0 Å². The Morgan fingerprint density at radius 1 is 1.28 bits per heavy atom. The molecule has 0 aliphatic carbocycles. The molecule has 1 aromatic carbocycles. The molecule has 2 atom stereocenters. The highest BCUT2D eigenvalue weighted by molar-refractivity contribution is 7.80. The monoisotopic (exact) mass is 265 g/mol. The lowest BCUT2D eigenvalue weighted by atomic mass is 10.0. The Kier molecular flexibility index (Phi) is 4.06. The summed E-state index contributed by atoms with van der Waals surface area (Å²) in [6, 6.07) is 8.96. The molecule has 0 aliphatic rings. The van der Waals surface area contributed by atoms with Crippen molar-refractivity contribution < 1.29 is 14.9 Å². The number of aliphatic hydroxyl groups excluding tert-OH is 2. The van der Waals surface area contributed by atoms with Crippen molar-refractivity contribution in [2.24, 2.45) is 0 Å². The molecule has 1 aromatic heterocycles. The number of aromatic nitrogens is 1. The van der Waals surface area contributed by atoms with Gasteiger partial charge in [-0.2, -0.15) is 12.6 Å². The van der Waals surface area contributed by atoms with E-state index in [-0.39, 0.29) is 5.75 Å². The van der Waals surface area contributed by atoms with Gasteiger partial charge in [-0.15, -0.1) is 0 Å². The van der Waals surface area contributed by atoms with Crippen molar-refractivity contribution in [3.8, 4) is 5.88 Å². The van der Waals surface area contributed by atoms with Crippen LogP contribution in [0.5, 0.6) is 5.88 Å². The van der Waals surface area contributed by atoms with Gasteiger partial charge in [0.05, 0.1) is 18.7 Å². The van der Waals surface area contributed by atoms with Crippen LogP contribution in [-0.4, -0.2) is 34.2 Å². The molecule has 2 aromatic rings. The molecule has 0 spiro atoms. The summed E-state index contributed by atoms with van der Waals surface area (Å²) in [6.45, 7) is 0. The molecule has 0 aliphatic heterocycles. The van der Waals surface area contributed by atoms with E-state index in [0.29, 0.717) is 11.4 Å². The van der Waals surface area contributed by atoms with Gasteiger partial charge in [-0.25, -0.2) is 4.98 Å². The van der Waals surface area contributed by atoms with Gasteiger partial charge in [0.25, 0.3) is 0 Å². The zero-order valence-electron chi connectivity index (χ0n) is 9.95. The van der Waals surface area contributed by atoms with Gasteiger partial charge in [0.2, 0.25) is 5.88 Å². The molecular weight excluding hydrogens is 250 g/mol. The van der Waals surface area contributed by atoms with Crippen molar-refractivity contribution in [2.75, 3.05) is 12.9 Å².